The Labute approximate surface area is 81.9 Å². The fourth-order valence-electron chi connectivity index (χ4n) is 2.37. The van der Waals surface area contributed by atoms with Crippen molar-refractivity contribution in [2.24, 2.45) is 11.8 Å². The number of carbonyl (C=O) groups is 1. The van der Waals surface area contributed by atoms with E-state index in [9.17, 15) is 4.79 Å². The second-order valence-corrected chi connectivity index (χ2v) is 4.40. The van der Waals surface area contributed by atoms with Gasteiger partial charge in [-0.1, -0.05) is 33.1 Å². The first-order valence-corrected chi connectivity index (χ1v) is 5.78. The smallest absolute Gasteiger partial charge is 0.135 e. The summed E-state index contributed by atoms with van der Waals surface area (Å²) in [5.41, 5.74) is 0. The minimum Gasteiger partial charge on any atom is -0.299 e. The molecule has 13 heavy (non-hydrogen) atoms. The molecule has 0 amide bonds. The van der Waals surface area contributed by atoms with Crippen LogP contribution in [-0.4, -0.2) is 5.78 Å². The van der Waals surface area contributed by atoms with Crippen molar-refractivity contribution >= 4 is 5.78 Å². The number of Topliss-reactive ketones (excluding diaryl/α,β-unsaturated/α-hetero) is 1. The Morgan fingerprint density at radius 3 is 2.46 bits per heavy atom. The quantitative estimate of drug-likeness (QED) is 0.649. The van der Waals surface area contributed by atoms with Crippen molar-refractivity contribution in [2.75, 3.05) is 0 Å². The zero-order valence-electron chi connectivity index (χ0n) is 9.01. The molecule has 0 aromatic heterocycles. The van der Waals surface area contributed by atoms with Gasteiger partial charge in [-0.3, -0.25) is 4.79 Å². The second-order valence-electron chi connectivity index (χ2n) is 4.40. The summed E-state index contributed by atoms with van der Waals surface area (Å²) in [6.45, 7) is 4.22. The fraction of sp³-hybridized carbons (Fsp3) is 0.917. The van der Waals surface area contributed by atoms with E-state index in [0.29, 0.717) is 17.6 Å². The average Bonchev–Trinajstić information content (AvgIpc) is 2.18. The third kappa shape index (κ3) is 3.13. The highest BCUT2D eigenvalue weighted by molar-refractivity contribution is 5.80. The fourth-order valence-corrected chi connectivity index (χ4v) is 2.37. The zero-order valence-corrected chi connectivity index (χ0v) is 9.01. The molecule has 0 aliphatic heterocycles. The van der Waals surface area contributed by atoms with Gasteiger partial charge in [0.25, 0.3) is 0 Å². The lowest BCUT2D eigenvalue weighted by Crippen LogP contribution is -2.22. The molecule has 1 rings (SSSR count). The van der Waals surface area contributed by atoms with Crippen molar-refractivity contribution in [1.82, 2.24) is 0 Å². The molecule has 1 fully saturated rings. The normalized spacial score (nSPS) is 21.4. The van der Waals surface area contributed by atoms with Gasteiger partial charge in [0.15, 0.2) is 0 Å². The topological polar surface area (TPSA) is 17.1 Å². The van der Waals surface area contributed by atoms with Gasteiger partial charge < -0.3 is 0 Å². The Morgan fingerprint density at radius 1 is 1.31 bits per heavy atom. The van der Waals surface area contributed by atoms with Gasteiger partial charge >= 0.3 is 0 Å². The van der Waals surface area contributed by atoms with Crippen LogP contribution in [0.5, 0.6) is 0 Å². The first-order chi connectivity index (χ1) is 6.25. The second kappa shape index (κ2) is 5.41. The maximum atomic E-state index is 11.6. The molecule has 0 N–H and O–H groups in total. The van der Waals surface area contributed by atoms with Crippen molar-refractivity contribution < 1.29 is 4.79 Å². The van der Waals surface area contributed by atoms with Gasteiger partial charge in [0.1, 0.15) is 5.78 Å². The lowest BCUT2D eigenvalue weighted by molar-refractivity contribution is -0.124. The van der Waals surface area contributed by atoms with Gasteiger partial charge in [-0.2, -0.15) is 0 Å². The summed E-state index contributed by atoms with van der Waals surface area (Å²) in [4.78, 5) is 11.6. The predicted molar refractivity (Wildman–Crippen MR) is 55.7 cm³/mol. The first-order valence-electron chi connectivity index (χ1n) is 5.78. The van der Waals surface area contributed by atoms with E-state index < -0.39 is 0 Å². The van der Waals surface area contributed by atoms with E-state index in [1.807, 2.05) is 0 Å². The highest BCUT2D eigenvalue weighted by atomic mass is 16.1. The van der Waals surface area contributed by atoms with Crippen molar-refractivity contribution in [2.45, 2.75) is 58.8 Å². The minimum absolute atomic E-state index is 0.334. The number of ketones is 1. The van der Waals surface area contributed by atoms with Crippen LogP contribution < -0.4 is 0 Å². The molecule has 1 aliphatic carbocycles. The van der Waals surface area contributed by atoms with Crippen molar-refractivity contribution in [3.05, 3.63) is 0 Å². The minimum atomic E-state index is 0.334. The van der Waals surface area contributed by atoms with Crippen LogP contribution in [-0.2, 0) is 4.79 Å². The summed E-state index contributed by atoms with van der Waals surface area (Å²) in [6.07, 6.45) is 8.44. The molecular weight excluding hydrogens is 160 g/mol. The number of carbonyl (C=O) groups excluding carboxylic acids is 1. The third-order valence-corrected chi connectivity index (χ3v) is 3.36. The van der Waals surface area contributed by atoms with Crippen LogP contribution in [0.1, 0.15) is 58.8 Å². The highest BCUT2D eigenvalue weighted by Gasteiger charge is 2.24. The summed E-state index contributed by atoms with van der Waals surface area (Å²) in [7, 11) is 0. The van der Waals surface area contributed by atoms with E-state index in [0.717, 1.165) is 12.8 Å². The Morgan fingerprint density at radius 2 is 1.92 bits per heavy atom. The Bertz CT molecular complexity index is 157. The van der Waals surface area contributed by atoms with Crippen molar-refractivity contribution in [1.29, 1.82) is 0 Å². The zero-order chi connectivity index (χ0) is 9.68. The SMILES string of the molecule is CCCC(=O)C(C)C1CCCCC1. The average molecular weight is 182 g/mol. The molecule has 0 radical (unpaired) electrons. The van der Waals surface area contributed by atoms with Crippen LogP contribution in [0.2, 0.25) is 0 Å². The van der Waals surface area contributed by atoms with E-state index in [1.165, 1.54) is 32.1 Å². The molecule has 1 saturated carbocycles. The largest absolute Gasteiger partial charge is 0.299 e. The summed E-state index contributed by atoms with van der Waals surface area (Å²) in [5, 5.41) is 0. The molecule has 1 heteroatoms. The monoisotopic (exact) mass is 182 g/mol. The van der Waals surface area contributed by atoms with Gasteiger partial charge in [-0.15, -0.1) is 0 Å². The van der Waals surface area contributed by atoms with Crippen LogP contribution in [0.25, 0.3) is 0 Å². The van der Waals surface area contributed by atoms with E-state index in [4.69, 9.17) is 0 Å². The maximum absolute atomic E-state index is 11.6. The molecule has 1 aliphatic rings. The molecule has 76 valence electrons. The highest BCUT2D eigenvalue weighted by Crippen LogP contribution is 2.30. The molecule has 0 spiro atoms. The van der Waals surface area contributed by atoms with Gasteiger partial charge in [-0.25, -0.2) is 0 Å². The van der Waals surface area contributed by atoms with Gasteiger partial charge in [0.05, 0.1) is 0 Å². The number of rotatable bonds is 4. The third-order valence-electron chi connectivity index (χ3n) is 3.36. The Hall–Kier alpha value is -0.330. The van der Waals surface area contributed by atoms with Crippen LogP contribution in [0.4, 0.5) is 0 Å². The summed E-state index contributed by atoms with van der Waals surface area (Å²) in [5.74, 6) is 1.53. The maximum Gasteiger partial charge on any atom is 0.135 e. The molecule has 0 aromatic rings. The Balaban J connectivity index is 2.35. The van der Waals surface area contributed by atoms with Gasteiger partial charge in [0, 0.05) is 12.3 Å². The van der Waals surface area contributed by atoms with Crippen molar-refractivity contribution in [3.63, 3.8) is 0 Å². The van der Waals surface area contributed by atoms with Gasteiger partial charge in [-0.05, 0) is 25.2 Å². The molecule has 0 heterocycles. The molecule has 0 aromatic carbocycles. The number of hydrogen-bond donors (Lipinski definition) is 0. The molecule has 0 bridgehead atoms. The van der Waals surface area contributed by atoms with Crippen LogP contribution in [0.15, 0.2) is 0 Å². The van der Waals surface area contributed by atoms with Crippen LogP contribution >= 0.6 is 0 Å². The van der Waals surface area contributed by atoms with Gasteiger partial charge in [0.2, 0.25) is 0 Å². The summed E-state index contributed by atoms with van der Waals surface area (Å²) in [6, 6.07) is 0. The lowest BCUT2D eigenvalue weighted by Gasteiger charge is -2.26. The van der Waals surface area contributed by atoms with Crippen molar-refractivity contribution in [3.8, 4) is 0 Å². The van der Waals surface area contributed by atoms with Crippen LogP contribution in [0, 0.1) is 11.8 Å². The van der Waals surface area contributed by atoms with E-state index >= 15 is 0 Å². The number of hydrogen-bond acceptors (Lipinski definition) is 1. The molecule has 1 atom stereocenters. The van der Waals surface area contributed by atoms with E-state index in [1.54, 1.807) is 0 Å². The summed E-state index contributed by atoms with van der Waals surface area (Å²) >= 11 is 0. The lowest BCUT2D eigenvalue weighted by atomic mass is 9.78. The molecule has 0 saturated heterocycles. The molecule has 1 unspecified atom stereocenters. The van der Waals surface area contributed by atoms with Crippen LogP contribution in [0.3, 0.4) is 0 Å². The molecular formula is C12H22O. The van der Waals surface area contributed by atoms with E-state index in [2.05, 4.69) is 13.8 Å². The summed E-state index contributed by atoms with van der Waals surface area (Å²) < 4.78 is 0. The van der Waals surface area contributed by atoms with E-state index in [-0.39, 0.29) is 0 Å². The molecule has 1 nitrogen and oxygen atoms in total. The predicted octanol–water partition coefficient (Wildman–Crippen LogP) is 3.57. The first kappa shape index (κ1) is 10.7. The Kier molecular flexibility index (Phi) is 4.47. The standard InChI is InChI=1S/C12H22O/c1-3-7-12(13)10(2)11-8-5-4-6-9-11/h10-11H,3-9H2,1-2H3.